The van der Waals surface area contributed by atoms with Crippen molar-refractivity contribution < 1.29 is 13.2 Å². The molecule has 6 heteroatoms. The van der Waals surface area contributed by atoms with Gasteiger partial charge in [0.1, 0.15) is 5.75 Å². The third kappa shape index (κ3) is 9.41. The molecule has 0 aromatic rings. The molecule has 0 saturated carbocycles. The van der Waals surface area contributed by atoms with E-state index in [-0.39, 0.29) is 11.7 Å². The third-order valence-corrected chi connectivity index (χ3v) is 4.08. The number of nitrogens with zero attached hydrogens (tertiary/aromatic N) is 1. The second-order valence-electron chi connectivity index (χ2n) is 5.17. The Kier molecular flexibility index (Phi) is 8.18. The molecule has 0 aromatic heterocycles. The van der Waals surface area contributed by atoms with Gasteiger partial charge in [0.25, 0.3) is 0 Å². The average molecular weight is 278 g/mol. The fourth-order valence-corrected chi connectivity index (χ4v) is 2.61. The minimum atomic E-state index is -3.28. The molecule has 0 saturated heterocycles. The molecule has 0 bridgehead atoms. The van der Waals surface area contributed by atoms with Crippen molar-refractivity contribution in [1.29, 1.82) is 0 Å². The van der Waals surface area contributed by atoms with Gasteiger partial charge >= 0.3 is 0 Å². The molecule has 0 aliphatic rings. The summed E-state index contributed by atoms with van der Waals surface area (Å²) >= 11 is 0. The molecule has 5 nitrogen and oxygen atoms in total. The van der Waals surface area contributed by atoms with Crippen molar-refractivity contribution in [1.82, 2.24) is 10.2 Å². The minimum Gasteiger partial charge on any atom is -0.348 e. The smallest absolute Gasteiger partial charge is 0.237 e. The highest BCUT2D eigenvalue weighted by Gasteiger charge is 2.17. The molecule has 18 heavy (non-hydrogen) atoms. The molecule has 1 N–H and O–H groups in total. The highest BCUT2D eigenvalue weighted by atomic mass is 32.2. The second kappa shape index (κ2) is 8.48. The predicted molar refractivity (Wildman–Crippen MR) is 74.3 cm³/mol. The molecule has 0 fully saturated rings. The van der Waals surface area contributed by atoms with Crippen LogP contribution in [-0.4, -0.2) is 57.9 Å². The van der Waals surface area contributed by atoms with Crippen LogP contribution in [0.4, 0.5) is 0 Å². The number of carbonyl (C=O) groups is 1. The average Bonchev–Trinajstić information content (AvgIpc) is 2.21. The van der Waals surface area contributed by atoms with Crippen molar-refractivity contribution in [3.63, 3.8) is 0 Å². The van der Waals surface area contributed by atoms with Crippen LogP contribution in [0.25, 0.3) is 0 Å². The third-order valence-electron chi connectivity index (χ3n) is 2.57. The summed E-state index contributed by atoms with van der Waals surface area (Å²) in [5.41, 5.74) is 0. The molecule has 0 aliphatic carbocycles. The summed E-state index contributed by atoms with van der Waals surface area (Å²) in [4.78, 5) is 12.6. The quantitative estimate of drug-likeness (QED) is 0.624. The lowest BCUT2D eigenvalue weighted by atomic mass is 10.1. The molecule has 1 amide bonds. The van der Waals surface area contributed by atoms with Gasteiger partial charge in [-0.3, -0.25) is 4.79 Å². The van der Waals surface area contributed by atoms with Gasteiger partial charge in [-0.05, 0) is 25.3 Å². The molecule has 0 aliphatic heterocycles. The van der Waals surface area contributed by atoms with Gasteiger partial charge in [-0.2, -0.15) is 0 Å². The number of hydrogen-bond acceptors (Lipinski definition) is 4. The van der Waals surface area contributed by atoms with E-state index in [1.807, 2.05) is 0 Å². The molecule has 0 spiro atoms. The maximum atomic E-state index is 11.6. The zero-order chi connectivity index (χ0) is 14.2. The number of amides is 1. The molecular weight excluding hydrogens is 252 g/mol. The molecule has 0 heterocycles. The molecule has 0 atom stereocenters. The van der Waals surface area contributed by atoms with E-state index in [1.54, 1.807) is 14.1 Å². The van der Waals surface area contributed by atoms with Gasteiger partial charge in [0.15, 0.2) is 9.84 Å². The number of sulfone groups is 1. The Morgan fingerprint density at radius 2 is 1.83 bits per heavy atom. The largest absolute Gasteiger partial charge is 0.348 e. The number of rotatable bonds is 9. The molecule has 0 unspecified atom stereocenters. The molecule has 0 rings (SSSR count). The Balaban J connectivity index is 3.75. The van der Waals surface area contributed by atoms with Gasteiger partial charge in [0.2, 0.25) is 5.91 Å². The van der Waals surface area contributed by atoms with Gasteiger partial charge < -0.3 is 10.2 Å². The first-order valence-corrected chi connectivity index (χ1v) is 8.18. The van der Waals surface area contributed by atoms with Crippen molar-refractivity contribution in [2.75, 3.05) is 38.7 Å². The number of hydrogen-bond donors (Lipinski definition) is 1. The lowest BCUT2D eigenvalue weighted by molar-refractivity contribution is -0.125. The van der Waals surface area contributed by atoms with Crippen molar-refractivity contribution >= 4 is 15.7 Å². The van der Waals surface area contributed by atoms with E-state index in [1.165, 1.54) is 4.90 Å². The van der Waals surface area contributed by atoms with Crippen LogP contribution in [0.1, 0.15) is 26.7 Å². The topological polar surface area (TPSA) is 66.5 Å². The van der Waals surface area contributed by atoms with E-state index in [0.29, 0.717) is 12.5 Å². The van der Waals surface area contributed by atoms with Crippen LogP contribution in [-0.2, 0) is 14.6 Å². The van der Waals surface area contributed by atoms with E-state index in [9.17, 15) is 13.2 Å². The number of carbonyl (C=O) groups excluding carboxylic acids is 1. The zero-order valence-electron chi connectivity index (χ0n) is 11.9. The monoisotopic (exact) mass is 278 g/mol. The van der Waals surface area contributed by atoms with Gasteiger partial charge in [-0.1, -0.05) is 13.8 Å². The zero-order valence-corrected chi connectivity index (χ0v) is 12.7. The molecule has 0 radical (unpaired) electrons. The molecule has 108 valence electrons. The summed E-state index contributed by atoms with van der Waals surface area (Å²) < 4.78 is 23.2. The summed E-state index contributed by atoms with van der Waals surface area (Å²) in [6.45, 7) is 5.57. The van der Waals surface area contributed by atoms with Crippen LogP contribution >= 0.6 is 0 Å². The SMILES string of the molecule is CC(C)CCCNCCS(=O)(=O)CC(=O)N(C)C. The summed E-state index contributed by atoms with van der Waals surface area (Å²) in [5.74, 6) is -0.0647. The second-order valence-corrected chi connectivity index (χ2v) is 7.35. The predicted octanol–water partition coefficient (Wildman–Crippen LogP) is 0.515. The van der Waals surface area contributed by atoms with Crippen LogP contribution in [0.5, 0.6) is 0 Å². The van der Waals surface area contributed by atoms with Crippen molar-refractivity contribution in [3.05, 3.63) is 0 Å². The fraction of sp³-hybridized carbons (Fsp3) is 0.917. The lowest BCUT2D eigenvalue weighted by Gasteiger charge is -2.11. The molecule has 0 aromatic carbocycles. The summed E-state index contributed by atoms with van der Waals surface area (Å²) in [7, 11) is -0.168. The first-order chi connectivity index (χ1) is 8.24. The lowest BCUT2D eigenvalue weighted by Crippen LogP contribution is -2.33. The number of nitrogens with one attached hydrogen (secondary N) is 1. The maximum Gasteiger partial charge on any atom is 0.237 e. The van der Waals surface area contributed by atoms with E-state index in [4.69, 9.17) is 0 Å². The van der Waals surface area contributed by atoms with Gasteiger partial charge in [0.05, 0.1) is 5.75 Å². The van der Waals surface area contributed by atoms with Gasteiger partial charge in [-0.15, -0.1) is 0 Å². The highest BCUT2D eigenvalue weighted by molar-refractivity contribution is 7.92. The van der Waals surface area contributed by atoms with Crippen LogP contribution in [0.2, 0.25) is 0 Å². The van der Waals surface area contributed by atoms with Gasteiger partial charge in [-0.25, -0.2) is 8.42 Å². The van der Waals surface area contributed by atoms with Crippen LogP contribution < -0.4 is 5.32 Å². The normalized spacial score (nSPS) is 11.8. The summed E-state index contributed by atoms with van der Waals surface area (Å²) in [6, 6.07) is 0. The Labute approximate surface area is 111 Å². The van der Waals surface area contributed by atoms with Gasteiger partial charge in [0, 0.05) is 20.6 Å². The Morgan fingerprint density at radius 1 is 1.22 bits per heavy atom. The maximum absolute atomic E-state index is 11.6. The van der Waals surface area contributed by atoms with E-state index >= 15 is 0 Å². The standard InChI is InChI=1S/C12H26N2O3S/c1-11(2)6-5-7-13-8-9-18(16,17)10-12(15)14(3)4/h11,13H,5-10H2,1-4H3. The Hall–Kier alpha value is -0.620. The van der Waals surface area contributed by atoms with Crippen LogP contribution in [0.3, 0.4) is 0 Å². The van der Waals surface area contributed by atoms with Crippen molar-refractivity contribution in [3.8, 4) is 0 Å². The minimum absolute atomic E-state index is 0.0221. The Bertz CT molecular complexity index is 337. The van der Waals surface area contributed by atoms with Crippen molar-refractivity contribution in [2.24, 2.45) is 5.92 Å². The van der Waals surface area contributed by atoms with E-state index in [2.05, 4.69) is 19.2 Å². The summed E-state index contributed by atoms with van der Waals surface area (Å²) in [6.07, 6.45) is 2.19. The first-order valence-electron chi connectivity index (χ1n) is 6.36. The fourth-order valence-electron chi connectivity index (χ4n) is 1.38. The Morgan fingerprint density at radius 3 is 2.33 bits per heavy atom. The van der Waals surface area contributed by atoms with E-state index < -0.39 is 15.6 Å². The summed E-state index contributed by atoms with van der Waals surface area (Å²) in [5, 5.41) is 3.10. The first kappa shape index (κ1) is 17.4. The van der Waals surface area contributed by atoms with Crippen molar-refractivity contribution in [2.45, 2.75) is 26.7 Å². The van der Waals surface area contributed by atoms with Crippen LogP contribution in [0.15, 0.2) is 0 Å². The van der Waals surface area contributed by atoms with Crippen LogP contribution in [0, 0.1) is 5.92 Å². The highest BCUT2D eigenvalue weighted by Crippen LogP contribution is 2.01. The van der Waals surface area contributed by atoms with E-state index in [0.717, 1.165) is 19.4 Å². The molecular formula is C12H26N2O3S.